The van der Waals surface area contributed by atoms with Crippen molar-refractivity contribution >= 4 is 40.9 Å². The van der Waals surface area contributed by atoms with E-state index in [9.17, 15) is 18.0 Å². The van der Waals surface area contributed by atoms with Crippen LogP contribution in [0.15, 0.2) is 48.0 Å². The topological polar surface area (TPSA) is 52.9 Å². The zero-order chi connectivity index (χ0) is 18.6. The lowest BCUT2D eigenvalue weighted by Gasteiger charge is -2.08. The van der Waals surface area contributed by atoms with E-state index in [2.05, 4.69) is 5.32 Å². The van der Waals surface area contributed by atoms with Crippen LogP contribution in [0.5, 0.6) is 0 Å². The third kappa shape index (κ3) is 4.75. The molecule has 0 unspecified atom stereocenters. The van der Waals surface area contributed by atoms with Crippen LogP contribution in [0, 0.1) is 11.3 Å². The largest absolute Gasteiger partial charge is 0.416 e. The van der Waals surface area contributed by atoms with Gasteiger partial charge in [0.25, 0.3) is 5.91 Å². The lowest BCUT2D eigenvalue weighted by molar-refractivity contribution is -0.137. The molecule has 0 fully saturated rings. The summed E-state index contributed by atoms with van der Waals surface area (Å²) in [5.41, 5.74) is -1.00. The van der Waals surface area contributed by atoms with Gasteiger partial charge >= 0.3 is 6.18 Å². The number of nitrogens with one attached hydrogen (secondary N) is 1. The number of hydrogen-bond acceptors (Lipinski definition) is 2. The third-order valence-corrected chi connectivity index (χ3v) is 3.91. The molecule has 0 atom stereocenters. The molecule has 0 aliphatic heterocycles. The molecule has 25 heavy (non-hydrogen) atoms. The SMILES string of the molecule is N#C/C(=C\c1cccc(C(F)(F)F)c1)C(=O)Nc1cccc(Cl)c1Cl. The van der Waals surface area contributed by atoms with Gasteiger partial charge in [-0.05, 0) is 35.9 Å². The van der Waals surface area contributed by atoms with Crippen LogP contribution in [0.25, 0.3) is 6.08 Å². The molecule has 3 nitrogen and oxygen atoms in total. The van der Waals surface area contributed by atoms with E-state index in [1.54, 1.807) is 12.1 Å². The second kappa shape index (κ2) is 7.60. The summed E-state index contributed by atoms with van der Waals surface area (Å²) in [7, 11) is 0. The molecule has 2 rings (SSSR count). The molecule has 0 saturated heterocycles. The second-order valence-electron chi connectivity index (χ2n) is 4.85. The van der Waals surface area contributed by atoms with E-state index in [0.717, 1.165) is 18.2 Å². The minimum atomic E-state index is -4.52. The number of halogens is 5. The first-order valence-electron chi connectivity index (χ1n) is 6.77. The van der Waals surface area contributed by atoms with Gasteiger partial charge in [-0.2, -0.15) is 18.4 Å². The van der Waals surface area contributed by atoms with Crippen molar-refractivity contribution in [1.29, 1.82) is 5.26 Å². The number of carbonyl (C=O) groups excluding carboxylic acids is 1. The fraction of sp³-hybridized carbons (Fsp3) is 0.0588. The van der Waals surface area contributed by atoms with Crippen LogP contribution in [0.1, 0.15) is 11.1 Å². The van der Waals surface area contributed by atoms with Crippen LogP contribution < -0.4 is 5.32 Å². The summed E-state index contributed by atoms with van der Waals surface area (Å²) in [5.74, 6) is -0.816. The summed E-state index contributed by atoms with van der Waals surface area (Å²) in [4.78, 5) is 12.2. The van der Waals surface area contributed by atoms with Crippen molar-refractivity contribution in [2.45, 2.75) is 6.18 Å². The number of carbonyl (C=O) groups is 1. The monoisotopic (exact) mass is 384 g/mol. The average molecular weight is 385 g/mol. The van der Waals surface area contributed by atoms with Gasteiger partial charge in [-0.1, -0.05) is 41.4 Å². The fourth-order valence-electron chi connectivity index (χ4n) is 1.91. The van der Waals surface area contributed by atoms with E-state index in [-0.39, 0.29) is 26.9 Å². The Morgan fingerprint density at radius 3 is 2.48 bits per heavy atom. The number of amides is 1. The molecule has 1 amide bonds. The van der Waals surface area contributed by atoms with Gasteiger partial charge in [0, 0.05) is 0 Å². The minimum Gasteiger partial charge on any atom is -0.320 e. The summed E-state index contributed by atoms with van der Waals surface area (Å²) in [6.07, 6.45) is -3.46. The third-order valence-electron chi connectivity index (χ3n) is 3.09. The first-order chi connectivity index (χ1) is 11.7. The van der Waals surface area contributed by atoms with Crippen LogP contribution in [-0.4, -0.2) is 5.91 Å². The Morgan fingerprint density at radius 2 is 1.84 bits per heavy atom. The maximum absolute atomic E-state index is 12.7. The van der Waals surface area contributed by atoms with Crippen molar-refractivity contribution in [3.05, 3.63) is 69.2 Å². The minimum absolute atomic E-state index is 0.0683. The van der Waals surface area contributed by atoms with E-state index in [0.29, 0.717) is 0 Å². The molecule has 8 heteroatoms. The highest BCUT2D eigenvalue weighted by Gasteiger charge is 2.30. The summed E-state index contributed by atoms with van der Waals surface area (Å²) in [5, 5.41) is 11.8. The zero-order valence-corrected chi connectivity index (χ0v) is 13.9. The van der Waals surface area contributed by atoms with Crippen molar-refractivity contribution in [1.82, 2.24) is 0 Å². The molecule has 0 aliphatic carbocycles. The van der Waals surface area contributed by atoms with Crippen LogP contribution >= 0.6 is 23.2 Å². The first kappa shape index (κ1) is 18.8. The smallest absolute Gasteiger partial charge is 0.320 e. The molecule has 0 heterocycles. The maximum atomic E-state index is 12.7. The molecule has 128 valence electrons. The Balaban J connectivity index is 2.30. The summed E-state index contributed by atoms with van der Waals surface area (Å²) >= 11 is 11.8. The van der Waals surface area contributed by atoms with Crippen LogP contribution in [-0.2, 0) is 11.0 Å². The van der Waals surface area contributed by atoms with Gasteiger partial charge in [-0.25, -0.2) is 0 Å². The molecule has 0 bridgehead atoms. The number of hydrogen-bond donors (Lipinski definition) is 1. The fourth-order valence-corrected chi connectivity index (χ4v) is 2.26. The van der Waals surface area contributed by atoms with E-state index >= 15 is 0 Å². The van der Waals surface area contributed by atoms with Gasteiger partial charge in [-0.3, -0.25) is 4.79 Å². The standard InChI is InChI=1S/C17H9Cl2F3N2O/c18-13-5-2-6-14(15(13)19)24-16(25)11(9-23)7-10-3-1-4-12(8-10)17(20,21)22/h1-8H,(H,24,25)/b11-7+. The van der Waals surface area contributed by atoms with E-state index in [4.69, 9.17) is 28.5 Å². The highest BCUT2D eigenvalue weighted by Crippen LogP contribution is 2.31. The van der Waals surface area contributed by atoms with Gasteiger partial charge in [0.1, 0.15) is 11.6 Å². The van der Waals surface area contributed by atoms with E-state index < -0.39 is 17.6 Å². The number of nitriles is 1. The number of rotatable bonds is 3. The van der Waals surface area contributed by atoms with Crippen molar-refractivity contribution in [3.8, 4) is 6.07 Å². The van der Waals surface area contributed by atoms with E-state index in [1.807, 2.05) is 0 Å². The maximum Gasteiger partial charge on any atom is 0.416 e. The molecular formula is C17H9Cl2F3N2O. The summed E-state index contributed by atoms with van der Waals surface area (Å²) < 4.78 is 38.2. The number of benzene rings is 2. The summed E-state index contributed by atoms with van der Waals surface area (Å²) in [6.45, 7) is 0. The van der Waals surface area contributed by atoms with Crippen molar-refractivity contribution in [2.75, 3.05) is 5.32 Å². The van der Waals surface area contributed by atoms with Gasteiger partial charge < -0.3 is 5.32 Å². The van der Waals surface area contributed by atoms with Crippen LogP contribution in [0.4, 0.5) is 18.9 Å². The Bertz CT molecular complexity index is 886. The number of nitrogens with zero attached hydrogens (tertiary/aromatic N) is 1. The molecule has 0 radical (unpaired) electrons. The molecule has 2 aromatic carbocycles. The second-order valence-corrected chi connectivity index (χ2v) is 5.63. The van der Waals surface area contributed by atoms with Crippen molar-refractivity contribution < 1.29 is 18.0 Å². The van der Waals surface area contributed by atoms with Gasteiger partial charge in [0.2, 0.25) is 0 Å². The quantitative estimate of drug-likeness (QED) is 0.556. The van der Waals surface area contributed by atoms with Crippen LogP contribution in [0.3, 0.4) is 0 Å². The molecule has 0 aliphatic rings. The lowest BCUT2D eigenvalue weighted by atomic mass is 10.1. The van der Waals surface area contributed by atoms with E-state index in [1.165, 1.54) is 24.3 Å². The Hall–Kier alpha value is -2.49. The normalized spacial score (nSPS) is 11.8. The van der Waals surface area contributed by atoms with Crippen LogP contribution in [0.2, 0.25) is 10.0 Å². The zero-order valence-electron chi connectivity index (χ0n) is 12.4. The first-order valence-corrected chi connectivity index (χ1v) is 7.52. The molecule has 1 N–H and O–H groups in total. The highest BCUT2D eigenvalue weighted by atomic mass is 35.5. The summed E-state index contributed by atoms with van der Waals surface area (Å²) in [6, 6.07) is 10.5. The molecule has 2 aromatic rings. The predicted octanol–water partition coefficient (Wildman–Crippen LogP) is 5.56. The number of anilines is 1. The molecular weight excluding hydrogens is 376 g/mol. The molecule has 0 saturated carbocycles. The van der Waals surface area contributed by atoms with Gasteiger partial charge in [0.05, 0.1) is 21.3 Å². The highest BCUT2D eigenvalue weighted by molar-refractivity contribution is 6.44. The Kier molecular flexibility index (Phi) is 5.73. The Labute approximate surface area is 151 Å². The van der Waals surface area contributed by atoms with Crippen molar-refractivity contribution in [3.63, 3.8) is 0 Å². The van der Waals surface area contributed by atoms with Gasteiger partial charge in [0.15, 0.2) is 0 Å². The average Bonchev–Trinajstić information content (AvgIpc) is 2.56. The molecule has 0 spiro atoms. The van der Waals surface area contributed by atoms with Gasteiger partial charge in [-0.15, -0.1) is 0 Å². The van der Waals surface area contributed by atoms with Crippen molar-refractivity contribution in [2.24, 2.45) is 0 Å². The Morgan fingerprint density at radius 1 is 1.16 bits per heavy atom. The lowest BCUT2D eigenvalue weighted by Crippen LogP contribution is -2.14. The molecule has 0 aromatic heterocycles. The predicted molar refractivity (Wildman–Crippen MR) is 90.1 cm³/mol. The number of alkyl halides is 3.